The number of anilines is 2. The molecule has 0 aliphatic rings. The van der Waals surface area contributed by atoms with Crippen molar-refractivity contribution in [2.45, 2.75) is 20.0 Å². The highest BCUT2D eigenvalue weighted by Crippen LogP contribution is 2.23. The van der Waals surface area contributed by atoms with Gasteiger partial charge in [0.1, 0.15) is 5.75 Å². The summed E-state index contributed by atoms with van der Waals surface area (Å²) in [7, 11) is 0. The average Bonchev–Trinajstić information content (AvgIpc) is 2.45. The van der Waals surface area contributed by atoms with Crippen LogP contribution in [-0.4, -0.2) is 12.0 Å². The van der Waals surface area contributed by atoms with Gasteiger partial charge < -0.3 is 15.8 Å². The third-order valence-electron chi connectivity index (χ3n) is 3.03. The van der Waals surface area contributed by atoms with Crippen molar-refractivity contribution >= 4 is 28.9 Å². The van der Waals surface area contributed by atoms with E-state index in [2.05, 4.69) is 5.32 Å². The van der Waals surface area contributed by atoms with Crippen LogP contribution in [-0.2, 0) is 4.79 Å². The van der Waals surface area contributed by atoms with E-state index in [1.165, 1.54) is 0 Å². The summed E-state index contributed by atoms with van der Waals surface area (Å²) in [6, 6.07) is 12.5. The number of para-hydroxylation sites is 1. The number of halogens is 1. The Morgan fingerprint density at radius 2 is 2.00 bits per heavy atom. The second-order valence-electron chi connectivity index (χ2n) is 4.75. The maximum atomic E-state index is 12.1. The van der Waals surface area contributed by atoms with Gasteiger partial charge in [0.05, 0.1) is 10.7 Å². The molecule has 4 nitrogen and oxygen atoms in total. The summed E-state index contributed by atoms with van der Waals surface area (Å²) in [5.74, 6) is 0.441. The number of nitrogens with two attached hydrogens (primary N) is 1. The molecule has 110 valence electrons. The second-order valence-corrected chi connectivity index (χ2v) is 5.16. The summed E-state index contributed by atoms with van der Waals surface area (Å²) in [5, 5.41) is 3.20. The lowest BCUT2D eigenvalue weighted by atomic mass is 10.2. The molecule has 0 aromatic heterocycles. The van der Waals surface area contributed by atoms with Gasteiger partial charge in [-0.2, -0.15) is 0 Å². The normalized spacial score (nSPS) is 11.8. The molecule has 2 rings (SSSR count). The molecule has 0 heterocycles. The Balaban J connectivity index is 2.02. The lowest BCUT2D eigenvalue weighted by Gasteiger charge is -2.16. The SMILES string of the molecule is Cc1ccccc1O[C@H](C)C(=O)Nc1ccc(Cl)c(N)c1. The minimum Gasteiger partial charge on any atom is -0.481 e. The minimum atomic E-state index is -0.622. The van der Waals surface area contributed by atoms with Crippen LogP contribution in [0.2, 0.25) is 5.02 Å². The first-order valence-electron chi connectivity index (χ1n) is 6.55. The lowest BCUT2D eigenvalue weighted by molar-refractivity contribution is -0.122. The molecule has 1 atom stereocenters. The van der Waals surface area contributed by atoms with Gasteiger partial charge in [-0.1, -0.05) is 29.8 Å². The molecule has 0 aliphatic heterocycles. The Kier molecular flexibility index (Phi) is 4.70. The third-order valence-corrected chi connectivity index (χ3v) is 3.37. The molecule has 0 unspecified atom stereocenters. The Hall–Kier alpha value is -2.20. The van der Waals surface area contributed by atoms with Crippen LogP contribution >= 0.6 is 11.6 Å². The van der Waals surface area contributed by atoms with Crippen molar-refractivity contribution < 1.29 is 9.53 Å². The Morgan fingerprint density at radius 1 is 1.29 bits per heavy atom. The molecule has 0 aliphatic carbocycles. The number of hydrogen-bond donors (Lipinski definition) is 2. The van der Waals surface area contributed by atoms with Crippen molar-refractivity contribution in [2.24, 2.45) is 0 Å². The summed E-state index contributed by atoms with van der Waals surface area (Å²) < 4.78 is 5.66. The Bertz CT molecular complexity index is 658. The van der Waals surface area contributed by atoms with Crippen molar-refractivity contribution in [2.75, 3.05) is 11.1 Å². The van der Waals surface area contributed by atoms with Gasteiger partial charge in [-0.3, -0.25) is 4.79 Å². The van der Waals surface area contributed by atoms with Crippen LogP contribution in [0.3, 0.4) is 0 Å². The standard InChI is InChI=1S/C16H17ClN2O2/c1-10-5-3-4-6-15(10)21-11(2)16(20)19-12-7-8-13(17)14(18)9-12/h3-9,11H,18H2,1-2H3,(H,19,20)/t11-/m1/s1. The van der Waals surface area contributed by atoms with Crippen LogP contribution in [0, 0.1) is 6.92 Å². The quantitative estimate of drug-likeness (QED) is 0.848. The molecular formula is C16H17ClN2O2. The third kappa shape index (κ3) is 3.89. The van der Waals surface area contributed by atoms with Crippen LogP contribution in [0.4, 0.5) is 11.4 Å². The van der Waals surface area contributed by atoms with Crippen LogP contribution in [0.5, 0.6) is 5.75 Å². The van der Waals surface area contributed by atoms with E-state index in [1.54, 1.807) is 25.1 Å². The van der Waals surface area contributed by atoms with Crippen molar-refractivity contribution in [1.29, 1.82) is 0 Å². The average molecular weight is 305 g/mol. The van der Waals surface area contributed by atoms with Crippen LogP contribution < -0.4 is 15.8 Å². The lowest BCUT2D eigenvalue weighted by Crippen LogP contribution is -2.30. The fraction of sp³-hybridized carbons (Fsp3) is 0.188. The Labute approximate surface area is 128 Å². The molecule has 1 amide bonds. The topological polar surface area (TPSA) is 64.3 Å². The molecule has 0 saturated carbocycles. The number of carbonyl (C=O) groups excluding carboxylic acids is 1. The number of nitrogen functional groups attached to an aromatic ring is 1. The van der Waals surface area contributed by atoms with E-state index in [-0.39, 0.29) is 5.91 Å². The van der Waals surface area contributed by atoms with Gasteiger partial charge in [0.25, 0.3) is 5.91 Å². The molecule has 0 fully saturated rings. The first kappa shape index (κ1) is 15.2. The van der Waals surface area contributed by atoms with Crippen LogP contribution in [0.1, 0.15) is 12.5 Å². The van der Waals surface area contributed by atoms with E-state index in [0.717, 1.165) is 5.56 Å². The number of hydrogen-bond acceptors (Lipinski definition) is 3. The van der Waals surface area contributed by atoms with Crippen LogP contribution in [0.15, 0.2) is 42.5 Å². The van der Waals surface area contributed by atoms with Gasteiger partial charge in [-0.15, -0.1) is 0 Å². The number of benzene rings is 2. The zero-order valence-corrected chi connectivity index (χ0v) is 12.6. The van der Waals surface area contributed by atoms with E-state index < -0.39 is 6.10 Å². The van der Waals surface area contributed by atoms with Crippen molar-refractivity contribution in [3.63, 3.8) is 0 Å². The van der Waals surface area contributed by atoms with Gasteiger partial charge in [-0.25, -0.2) is 0 Å². The summed E-state index contributed by atoms with van der Waals surface area (Å²) in [6.45, 7) is 3.63. The monoisotopic (exact) mass is 304 g/mol. The van der Waals surface area contributed by atoms with Gasteiger partial charge in [0, 0.05) is 5.69 Å². The van der Waals surface area contributed by atoms with Gasteiger partial charge in [-0.05, 0) is 43.7 Å². The molecule has 5 heteroatoms. The molecule has 0 spiro atoms. The number of nitrogens with one attached hydrogen (secondary N) is 1. The van der Waals surface area contributed by atoms with E-state index in [0.29, 0.717) is 22.1 Å². The number of amides is 1. The number of aryl methyl sites for hydroxylation is 1. The van der Waals surface area contributed by atoms with Gasteiger partial charge in [0.15, 0.2) is 6.10 Å². The number of carbonyl (C=O) groups is 1. The molecule has 0 bridgehead atoms. The van der Waals surface area contributed by atoms with E-state index >= 15 is 0 Å². The van der Waals surface area contributed by atoms with E-state index in [1.807, 2.05) is 31.2 Å². The molecule has 0 radical (unpaired) electrons. The summed E-state index contributed by atoms with van der Waals surface area (Å²) >= 11 is 5.84. The largest absolute Gasteiger partial charge is 0.481 e. The van der Waals surface area contributed by atoms with Crippen molar-refractivity contribution in [3.05, 3.63) is 53.1 Å². The first-order valence-corrected chi connectivity index (χ1v) is 6.93. The fourth-order valence-corrected chi connectivity index (χ4v) is 1.92. The highest BCUT2D eigenvalue weighted by Gasteiger charge is 2.16. The Morgan fingerprint density at radius 3 is 2.67 bits per heavy atom. The summed E-state index contributed by atoms with van der Waals surface area (Å²) in [6.07, 6.45) is -0.622. The summed E-state index contributed by atoms with van der Waals surface area (Å²) in [4.78, 5) is 12.1. The maximum absolute atomic E-state index is 12.1. The van der Waals surface area contributed by atoms with E-state index in [4.69, 9.17) is 22.1 Å². The number of rotatable bonds is 4. The second kappa shape index (κ2) is 6.50. The molecule has 2 aromatic rings. The molecule has 21 heavy (non-hydrogen) atoms. The molecule has 3 N–H and O–H groups in total. The highest BCUT2D eigenvalue weighted by atomic mass is 35.5. The summed E-state index contributed by atoms with van der Waals surface area (Å²) in [5.41, 5.74) is 7.68. The van der Waals surface area contributed by atoms with Crippen LogP contribution in [0.25, 0.3) is 0 Å². The van der Waals surface area contributed by atoms with E-state index in [9.17, 15) is 4.79 Å². The zero-order valence-electron chi connectivity index (χ0n) is 11.9. The zero-order chi connectivity index (χ0) is 15.4. The minimum absolute atomic E-state index is 0.250. The smallest absolute Gasteiger partial charge is 0.265 e. The molecule has 0 saturated heterocycles. The predicted octanol–water partition coefficient (Wildman–Crippen LogP) is 3.64. The fourth-order valence-electron chi connectivity index (χ4n) is 1.80. The first-order chi connectivity index (χ1) is 9.97. The number of ether oxygens (including phenoxy) is 1. The van der Waals surface area contributed by atoms with Gasteiger partial charge >= 0.3 is 0 Å². The molecular weight excluding hydrogens is 288 g/mol. The highest BCUT2D eigenvalue weighted by molar-refractivity contribution is 6.33. The van der Waals surface area contributed by atoms with Crippen molar-refractivity contribution in [3.8, 4) is 5.75 Å². The predicted molar refractivity (Wildman–Crippen MR) is 85.8 cm³/mol. The maximum Gasteiger partial charge on any atom is 0.265 e. The molecule has 2 aromatic carbocycles. The van der Waals surface area contributed by atoms with Gasteiger partial charge in [0.2, 0.25) is 0 Å². The van der Waals surface area contributed by atoms with Crippen molar-refractivity contribution in [1.82, 2.24) is 0 Å².